The number of carboxylic acid groups (broad SMARTS) is 1. The number of carboxylic acids is 1. The largest absolute Gasteiger partial charge is 0.485 e. The van der Waals surface area contributed by atoms with Crippen LogP contribution in [0.4, 0.5) is 17.2 Å². The summed E-state index contributed by atoms with van der Waals surface area (Å²) in [5.41, 5.74) is 2.48. The second-order valence-corrected chi connectivity index (χ2v) is 7.39. The second-order valence-electron chi connectivity index (χ2n) is 7.39. The molecule has 0 fully saturated rings. The topological polar surface area (TPSA) is 113 Å². The van der Waals surface area contributed by atoms with Crippen molar-refractivity contribution in [2.24, 2.45) is 0 Å². The van der Waals surface area contributed by atoms with E-state index in [9.17, 15) is 14.7 Å². The van der Waals surface area contributed by atoms with Crippen LogP contribution in [0.15, 0.2) is 97.5 Å². The Bertz CT molecular complexity index is 1250. The van der Waals surface area contributed by atoms with E-state index < -0.39 is 12.1 Å². The molecule has 0 saturated carbocycles. The first-order chi connectivity index (χ1) is 16.6. The molecule has 1 amide bonds. The van der Waals surface area contributed by atoms with Gasteiger partial charge >= 0.3 is 5.97 Å². The van der Waals surface area contributed by atoms with Crippen LogP contribution >= 0.6 is 0 Å². The van der Waals surface area contributed by atoms with Gasteiger partial charge in [0.25, 0.3) is 5.91 Å². The number of ether oxygens (including phenoxy) is 1. The van der Waals surface area contributed by atoms with Crippen molar-refractivity contribution in [2.75, 3.05) is 10.6 Å². The number of rotatable bonds is 9. The third-order valence-electron chi connectivity index (χ3n) is 4.87. The molecule has 0 spiro atoms. The van der Waals surface area contributed by atoms with Gasteiger partial charge in [-0.2, -0.15) is 0 Å². The number of benzene rings is 2. The Hall–Kier alpha value is -4.72. The van der Waals surface area contributed by atoms with Gasteiger partial charge in [-0.1, -0.05) is 18.2 Å². The number of hydrogen-bond donors (Lipinski definition) is 3. The molecule has 2 aromatic carbocycles. The lowest BCUT2D eigenvalue weighted by Crippen LogP contribution is -2.13. The molecule has 3 N–H and O–H groups in total. The highest BCUT2D eigenvalue weighted by atomic mass is 16.5. The van der Waals surface area contributed by atoms with Gasteiger partial charge in [0.15, 0.2) is 0 Å². The molecule has 8 heteroatoms. The number of amides is 1. The fourth-order valence-electron chi connectivity index (χ4n) is 3.26. The molecule has 0 saturated heterocycles. The van der Waals surface area contributed by atoms with E-state index in [0.717, 1.165) is 5.69 Å². The van der Waals surface area contributed by atoms with Gasteiger partial charge in [0.05, 0.1) is 6.42 Å². The minimum atomic E-state index is -0.975. The van der Waals surface area contributed by atoms with Crippen molar-refractivity contribution in [2.45, 2.75) is 12.5 Å². The molecule has 4 aromatic rings. The number of aliphatic carboxylic acids is 1. The standard InChI is InChI=1S/C26H22N4O4/c31-25(32)16-23(19-6-4-13-27-17-19)34-22-11-9-20(10-12-22)30-26(33)18-5-3-7-21(15-18)29-24-8-1-2-14-28-24/h1-15,17,23H,16H2,(H,28,29)(H,30,33)(H,31,32). The fraction of sp³-hybridized carbons (Fsp3) is 0.0769. The van der Waals surface area contributed by atoms with Gasteiger partial charge in [-0.05, 0) is 60.7 Å². The molecule has 170 valence electrons. The van der Waals surface area contributed by atoms with E-state index in [1.165, 1.54) is 0 Å². The van der Waals surface area contributed by atoms with Crippen molar-refractivity contribution < 1.29 is 19.4 Å². The first-order valence-electron chi connectivity index (χ1n) is 10.5. The van der Waals surface area contributed by atoms with E-state index in [-0.39, 0.29) is 12.3 Å². The predicted octanol–water partition coefficient (Wildman–Crippen LogP) is 5.07. The van der Waals surface area contributed by atoms with Gasteiger partial charge in [0.1, 0.15) is 17.7 Å². The zero-order valence-corrected chi connectivity index (χ0v) is 18.1. The smallest absolute Gasteiger partial charge is 0.307 e. The van der Waals surface area contributed by atoms with Crippen molar-refractivity contribution in [1.82, 2.24) is 9.97 Å². The monoisotopic (exact) mass is 454 g/mol. The summed E-state index contributed by atoms with van der Waals surface area (Å²) in [5.74, 6) is -0.0762. The van der Waals surface area contributed by atoms with Crippen molar-refractivity contribution in [3.63, 3.8) is 0 Å². The Kier molecular flexibility index (Phi) is 7.09. The van der Waals surface area contributed by atoms with Crippen LogP contribution < -0.4 is 15.4 Å². The van der Waals surface area contributed by atoms with Crippen LogP contribution in [0.1, 0.15) is 28.4 Å². The van der Waals surface area contributed by atoms with Crippen molar-refractivity contribution in [3.05, 3.63) is 109 Å². The molecule has 0 radical (unpaired) electrons. The SMILES string of the molecule is O=C(O)CC(Oc1ccc(NC(=O)c2cccc(Nc3ccccn3)c2)cc1)c1cccnc1. The van der Waals surface area contributed by atoms with Crippen LogP contribution in [0.5, 0.6) is 5.75 Å². The van der Waals surface area contributed by atoms with Crippen molar-refractivity contribution >= 4 is 29.1 Å². The summed E-state index contributed by atoms with van der Waals surface area (Å²) in [6, 6.07) is 22.9. The maximum absolute atomic E-state index is 12.7. The minimum absolute atomic E-state index is 0.201. The number of carbonyl (C=O) groups is 2. The number of nitrogens with zero attached hydrogens (tertiary/aromatic N) is 2. The van der Waals surface area contributed by atoms with Crippen molar-refractivity contribution in [1.29, 1.82) is 0 Å². The fourth-order valence-corrected chi connectivity index (χ4v) is 3.26. The summed E-state index contributed by atoms with van der Waals surface area (Å²) in [7, 11) is 0. The van der Waals surface area contributed by atoms with E-state index in [1.807, 2.05) is 24.3 Å². The Morgan fingerprint density at radius 2 is 1.76 bits per heavy atom. The molecule has 1 unspecified atom stereocenters. The minimum Gasteiger partial charge on any atom is -0.485 e. The van der Waals surface area contributed by atoms with E-state index in [0.29, 0.717) is 28.4 Å². The van der Waals surface area contributed by atoms with Gasteiger partial charge in [0.2, 0.25) is 0 Å². The lowest BCUT2D eigenvalue weighted by Gasteiger charge is -2.18. The third kappa shape index (κ3) is 6.17. The van der Waals surface area contributed by atoms with Gasteiger partial charge in [-0.3, -0.25) is 14.6 Å². The zero-order chi connectivity index (χ0) is 23.8. The summed E-state index contributed by atoms with van der Waals surface area (Å²) >= 11 is 0. The van der Waals surface area contributed by atoms with E-state index >= 15 is 0 Å². The third-order valence-corrected chi connectivity index (χ3v) is 4.87. The van der Waals surface area contributed by atoms with Crippen molar-refractivity contribution in [3.8, 4) is 5.75 Å². The summed E-state index contributed by atoms with van der Waals surface area (Å²) in [4.78, 5) is 32.2. The second kappa shape index (κ2) is 10.7. The van der Waals surface area contributed by atoms with Crippen LogP contribution in [0.2, 0.25) is 0 Å². The average molecular weight is 454 g/mol. The highest BCUT2D eigenvalue weighted by Gasteiger charge is 2.18. The molecule has 0 aliphatic carbocycles. The Balaban J connectivity index is 1.41. The van der Waals surface area contributed by atoms with Gasteiger partial charge in [0, 0.05) is 41.1 Å². The molecule has 2 aromatic heterocycles. The Morgan fingerprint density at radius 1 is 0.912 bits per heavy atom. The van der Waals surface area contributed by atoms with E-state index in [4.69, 9.17) is 4.74 Å². The molecule has 8 nitrogen and oxygen atoms in total. The highest BCUT2D eigenvalue weighted by molar-refractivity contribution is 6.04. The zero-order valence-electron chi connectivity index (χ0n) is 18.1. The molecule has 0 aliphatic heterocycles. The van der Waals surface area contributed by atoms with Crippen LogP contribution in [0.25, 0.3) is 0 Å². The molecule has 34 heavy (non-hydrogen) atoms. The molecular weight excluding hydrogens is 432 g/mol. The number of pyridine rings is 2. The van der Waals surface area contributed by atoms with E-state index in [2.05, 4.69) is 20.6 Å². The van der Waals surface area contributed by atoms with Crippen LogP contribution in [0, 0.1) is 0 Å². The first-order valence-corrected chi connectivity index (χ1v) is 10.5. The maximum atomic E-state index is 12.7. The molecule has 1 atom stereocenters. The van der Waals surface area contributed by atoms with Crippen LogP contribution in [-0.4, -0.2) is 27.0 Å². The lowest BCUT2D eigenvalue weighted by molar-refractivity contribution is -0.138. The number of carbonyl (C=O) groups excluding carboxylic acids is 1. The van der Waals surface area contributed by atoms with Gasteiger partial charge in [-0.15, -0.1) is 0 Å². The van der Waals surface area contributed by atoms with Gasteiger partial charge < -0.3 is 20.5 Å². The molecule has 0 aliphatic rings. The summed E-state index contributed by atoms with van der Waals surface area (Å²) < 4.78 is 5.88. The summed E-state index contributed by atoms with van der Waals surface area (Å²) in [5, 5.41) is 15.2. The average Bonchev–Trinajstić information content (AvgIpc) is 2.86. The normalized spacial score (nSPS) is 11.3. The van der Waals surface area contributed by atoms with Crippen LogP contribution in [-0.2, 0) is 4.79 Å². The number of hydrogen-bond acceptors (Lipinski definition) is 6. The lowest BCUT2D eigenvalue weighted by atomic mass is 10.1. The Morgan fingerprint density at radius 3 is 2.47 bits per heavy atom. The number of aromatic nitrogens is 2. The first kappa shape index (κ1) is 22.5. The van der Waals surface area contributed by atoms with E-state index in [1.54, 1.807) is 73.2 Å². The maximum Gasteiger partial charge on any atom is 0.307 e. The molecule has 2 heterocycles. The van der Waals surface area contributed by atoms with Crippen LogP contribution in [0.3, 0.4) is 0 Å². The quantitative estimate of drug-likeness (QED) is 0.324. The number of anilines is 3. The summed E-state index contributed by atoms with van der Waals surface area (Å²) in [6.07, 6.45) is 4.00. The van der Waals surface area contributed by atoms with Gasteiger partial charge in [-0.25, -0.2) is 4.98 Å². The highest BCUT2D eigenvalue weighted by Crippen LogP contribution is 2.26. The Labute approximate surface area is 196 Å². The number of nitrogens with one attached hydrogen (secondary N) is 2. The summed E-state index contributed by atoms with van der Waals surface area (Å²) in [6.45, 7) is 0. The predicted molar refractivity (Wildman–Crippen MR) is 128 cm³/mol. The molecular formula is C26H22N4O4. The molecule has 0 bridgehead atoms. The molecule has 4 rings (SSSR count).